The second-order valence-electron chi connectivity index (χ2n) is 3.33. The number of methoxy groups -OCH3 is 1. The van der Waals surface area contributed by atoms with E-state index in [2.05, 4.69) is 0 Å². The topological polar surface area (TPSA) is 81.8 Å². The number of benzene rings is 1. The average molecular weight is 225 g/mol. The molecule has 0 aliphatic heterocycles. The van der Waals surface area contributed by atoms with Crippen LogP contribution < -0.4 is 15.2 Å². The number of aliphatic hydroxyl groups excluding tert-OH is 1. The van der Waals surface area contributed by atoms with Crippen LogP contribution in [0.15, 0.2) is 18.2 Å². The van der Waals surface area contributed by atoms with Gasteiger partial charge in [-0.3, -0.25) is 4.79 Å². The molecule has 5 nitrogen and oxygen atoms in total. The standard InChI is InChI=1S/C11H15NO4/c1-7(13)9-4-3-8(15-2)5-10(9)16-6-11(12)14/h3-5,7,13H,6H2,1-2H3,(H2,12,14)/t7-/m0/s1. The van der Waals surface area contributed by atoms with E-state index in [4.69, 9.17) is 15.2 Å². The number of hydrogen-bond acceptors (Lipinski definition) is 4. The van der Waals surface area contributed by atoms with Crippen LogP contribution in [0.4, 0.5) is 0 Å². The van der Waals surface area contributed by atoms with Crippen molar-refractivity contribution >= 4 is 5.91 Å². The van der Waals surface area contributed by atoms with Crippen LogP contribution in [0.2, 0.25) is 0 Å². The maximum absolute atomic E-state index is 10.6. The molecule has 3 N–H and O–H groups in total. The lowest BCUT2D eigenvalue weighted by Gasteiger charge is -2.13. The number of hydrogen-bond donors (Lipinski definition) is 2. The number of nitrogens with two attached hydrogens (primary N) is 1. The molecule has 0 heterocycles. The molecule has 16 heavy (non-hydrogen) atoms. The average Bonchev–Trinajstić information content (AvgIpc) is 2.25. The van der Waals surface area contributed by atoms with Crippen molar-refractivity contribution < 1.29 is 19.4 Å². The van der Waals surface area contributed by atoms with E-state index in [1.54, 1.807) is 25.1 Å². The Bertz CT molecular complexity index is 376. The Morgan fingerprint density at radius 3 is 2.75 bits per heavy atom. The molecule has 88 valence electrons. The number of carbonyl (C=O) groups is 1. The van der Waals surface area contributed by atoms with Crippen LogP contribution >= 0.6 is 0 Å². The Morgan fingerprint density at radius 2 is 2.25 bits per heavy atom. The summed E-state index contributed by atoms with van der Waals surface area (Å²) in [6.07, 6.45) is -0.686. The maximum atomic E-state index is 10.6. The molecule has 1 aromatic rings. The molecule has 0 spiro atoms. The fourth-order valence-electron chi connectivity index (χ4n) is 1.26. The molecule has 1 amide bonds. The lowest BCUT2D eigenvalue weighted by Crippen LogP contribution is -2.20. The largest absolute Gasteiger partial charge is 0.497 e. The third-order valence-corrected chi connectivity index (χ3v) is 2.04. The predicted molar refractivity (Wildman–Crippen MR) is 58.3 cm³/mol. The summed E-state index contributed by atoms with van der Waals surface area (Å²) in [5.74, 6) is 0.413. The summed E-state index contributed by atoms with van der Waals surface area (Å²) in [6, 6.07) is 4.99. The van der Waals surface area contributed by atoms with Crippen molar-refractivity contribution in [3.63, 3.8) is 0 Å². The third kappa shape index (κ3) is 3.13. The van der Waals surface area contributed by atoms with Crippen molar-refractivity contribution in [2.75, 3.05) is 13.7 Å². The van der Waals surface area contributed by atoms with Gasteiger partial charge in [-0.2, -0.15) is 0 Å². The van der Waals surface area contributed by atoms with Gasteiger partial charge in [0.05, 0.1) is 13.2 Å². The van der Waals surface area contributed by atoms with E-state index < -0.39 is 12.0 Å². The normalized spacial score (nSPS) is 11.9. The van der Waals surface area contributed by atoms with Crippen molar-refractivity contribution in [1.29, 1.82) is 0 Å². The van der Waals surface area contributed by atoms with E-state index in [0.717, 1.165) is 0 Å². The van der Waals surface area contributed by atoms with Crippen LogP contribution in [0.25, 0.3) is 0 Å². The highest BCUT2D eigenvalue weighted by Crippen LogP contribution is 2.29. The molecule has 0 unspecified atom stereocenters. The Labute approximate surface area is 93.8 Å². The van der Waals surface area contributed by atoms with Gasteiger partial charge in [-0.15, -0.1) is 0 Å². The van der Waals surface area contributed by atoms with Crippen LogP contribution in [-0.4, -0.2) is 24.7 Å². The van der Waals surface area contributed by atoms with Crippen molar-refractivity contribution in [1.82, 2.24) is 0 Å². The van der Waals surface area contributed by atoms with Gasteiger partial charge in [0.25, 0.3) is 5.91 Å². The van der Waals surface area contributed by atoms with E-state index in [9.17, 15) is 9.90 Å². The molecule has 0 saturated heterocycles. The summed E-state index contributed by atoms with van der Waals surface area (Å²) in [6.45, 7) is 1.38. The van der Waals surface area contributed by atoms with E-state index in [-0.39, 0.29) is 6.61 Å². The first-order valence-electron chi connectivity index (χ1n) is 4.81. The van der Waals surface area contributed by atoms with E-state index >= 15 is 0 Å². The number of amides is 1. The number of primary amides is 1. The molecular formula is C11H15NO4. The van der Waals surface area contributed by atoms with Gasteiger partial charge in [0, 0.05) is 11.6 Å². The van der Waals surface area contributed by atoms with Gasteiger partial charge >= 0.3 is 0 Å². The fourth-order valence-corrected chi connectivity index (χ4v) is 1.26. The quantitative estimate of drug-likeness (QED) is 0.769. The summed E-state index contributed by atoms with van der Waals surface area (Å²) in [5.41, 5.74) is 5.56. The lowest BCUT2D eigenvalue weighted by atomic mass is 10.1. The third-order valence-electron chi connectivity index (χ3n) is 2.04. The SMILES string of the molecule is COc1ccc([C@H](C)O)c(OCC(N)=O)c1. The number of aliphatic hydroxyl groups is 1. The van der Waals surface area contributed by atoms with Crippen LogP contribution in [-0.2, 0) is 4.79 Å². The monoisotopic (exact) mass is 225 g/mol. The van der Waals surface area contributed by atoms with Crippen LogP contribution in [0.1, 0.15) is 18.6 Å². The van der Waals surface area contributed by atoms with Crippen LogP contribution in [0.5, 0.6) is 11.5 Å². The van der Waals surface area contributed by atoms with Gasteiger partial charge in [0.15, 0.2) is 6.61 Å². The smallest absolute Gasteiger partial charge is 0.255 e. The maximum Gasteiger partial charge on any atom is 0.255 e. The van der Waals surface area contributed by atoms with Gasteiger partial charge in [-0.1, -0.05) is 0 Å². The zero-order chi connectivity index (χ0) is 12.1. The Balaban J connectivity index is 2.95. The molecule has 0 aromatic heterocycles. The van der Waals surface area contributed by atoms with Gasteiger partial charge in [-0.05, 0) is 19.1 Å². The van der Waals surface area contributed by atoms with Crippen LogP contribution in [0, 0.1) is 0 Å². The lowest BCUT2D eigenvalue weighted by molar-refractivity contribution is -0.120. The molecule has 0 aliphatic rings. The highest BCUT2D eigenvalue weighted by Gasteiger charge is 2.11. The summed E-state index contributed by atoms with van der Waals surface area (Å²) in [4.78, 5) is 10.6. The first-order chi connectivity index (χ1) is 7.54. The zero-order valence-corrected chi connectivity index (χ0v) is 9.27. The molecule has 1 rings (SSSR count). The molecule has 0 fully saturated rings. The van der Waals surface area contributed by atoms with Gasteiger partial charge in [0.2, 0.25) is 0 Å². The Kier molecular flexibility index (Phi) is 4.13. The summed E-state index contributed by atoms with van der Waals surface area (Å²) in [7, 11) is 1.52. The number of ether oxygens (including phenoxy) is 2. The highest BCUT2D eigenvalue weighted by atomic mass is 16.5. The predicted octanol–water partition coefficient (Wildman–Crippen LogP) is 0.613. The molecule has 1 aromatic carbocycles. The Hall–Kier alpha value is -1.75. The second-order valence-corrected chi connectivity index (χ2v) is 3.33. The summed E-state index contributed by atoms with van der Waals surface area (Å²) < 4.78 is 10.2. The Morgan fingerprint density at radius 1 is 1.56 bits per heavy atom. The van der Waals surface area contributed by atoms with Gasteiger partial charge in [0.1, 0.15) is 11.5 Å². The molecular weight excluding hydrogens is 210 g/mol. The van der Waals surface area contributed by atoms with Crippen LogP contribution in [0.3, 0.4) is 0 Å². The highest BCUT2D eigenvalue weighted by molar-refractivity contribution is 5.75. The molecule has 0 aliphatic carbocycles. The minimum atomic E-state index is -0.686. The zero-order valence-electron chi connectivity index (χ0n) is 9.27. The van der Waals surface area contributed by atoms with Crippen molar-refractivity contribution in [3.05, 3.63) is 23.8 Å². The minimum absolute atomic E-state index is 0.229. The van der Waals surface area contributed by atoms with E-state index in [1.165, 1.54) is 7.11 Å². The summed E-state index contributed by atoms with van der Waals surface area (Å²) in [5, 5.41) is 9.50. The minimum Gasteiger partial charge on any atom is -0.497 e. The fraction of sp³-hybridized carbons (Fsp3) is 0.364. The van der Waals surface area contributed by atoms with Gasteiger partial charge < -0.3 is 20.3 Å². The molecule has 5 heteroatoms. The first kappa shape index (κ1) is 12.3. The number of carbonyl (C=O) groups excluding carboxylic acids is 1. The molecule has 0 radical (unpaired) electrons. The molecule has 0 saturated carbocycles. The van der Waals surface area contributed by atoms with Crippen molar-refractivity contribution in [2.24, 2.45) is 5.73 Å². The number of rotatable bonds is 5. The van der Waals surface area contributed by atoms with E-state index in [0.29, 0.717) is 17.1 Å². The molecule has 1 atom stereocenters. The second kappa shape index (κ2) is 5.37. The van der Waals surface area contributed by atoms with Crippen molar-refractivity contribution in [3.8, 4) is 11.5 Å². The molecule has 0 bridgehead atoms. The van der Waals surface area contributed by atoms with Gasteiger partial charge in [-0.25, -0.2) is 0 Å². The van der Waals surface area contributed by atoms with E-state index in [1.807, 2.05) is 0 Å². The summed E-state index contributed by atoms with van der Waals surface area (Å²) >= 11 is 0. The first-order valence-corrected chi connectivity index (χ1v) is 4.81. The van der Waals surface area contributed by atoms with Crippen molar-refractivity contribution in [2.45, 2.75) is 13.0 Å².